The van der Waals surface area contributed by atoms with Crippen molar-refractivity contribution in [1.29, 1.82) is 0 Å². The van der Waals surface area contributed by atoms with Gasteiger partial charge in [-0.3, -0.25) is 0 Å². The zero-order valence-electron chi connectivity index (χ0n) is 14.2. The van der Waals surface area contributed by atoms with Gasteiger partial charge < -0.3 is 10.1 Å². The topological polar surface area (TPSA) is 38.3 Å². The van der Waals surface area contributed by atoms with Gasteiger partial charge in [-0.05, 0) is 45.1 Å². The summed E-state index contributed by atoms with van der Waals surface area (Å²) in [6, 6.07) is 10.3. The van der Waals surface area contributed by atoms with E-state index < -0.39 is 5.60 Å². The number of ether oxygens (including phenoxy) is 1. The van der Waals surface area contributed by atoms with Crippen LogP contribution in [0.15, 0.2) is 30.3 Å². The van der Waals surface area contributed by atoms with Crippen LogP contribution in [0.25, 0.3) is 0 Å². The second kappa shape index (κ2) is 6.97. The number of benzene rings is 1. The Bertz CT molecular complexity index is 448. The van der Waals surface area contributed by atoms with Crippen LogP contribution in [-0.2, 0) is 11.2 Å². The van der Waals surface area contributed by atoms with Crippen molar-refractivity contribution in [1.82, 2.24) is 5.32 Å². The predicted octanol–water partition coefficient (Wildman–Crippen LogP) is 4.56. The normalized spacial score (nSPS) is 14.6. The van der Waals surface area contributed by atoms with E-state index in [1.807, 2.05) is 39.0 Å². The number of nitrogens with one attached hydrogen (secondary N) is 1. The van der Waals surface area contributed by atoms with Gasteiger partial charge in [-0.1, -0.05) is 51.1 Å². The van der Waals surface area contributed by atoms with Crippen LogP contribution >= 0.6 is 0 Å². The van der Waals surface area contributed by atoms with Crippen LogP contribution in [0.3, 0.4) is 0 Å². The molecule has 0 aromatic heterocycles. The summed E-state index contributed by atoms with van der Waals surface area (Å²) in [6.45, 7) is 12.0. The summed E-state index contributed by atoms with van der Waals surface area (Å²) in [4.78, 5) is 12.2. The largest absolute Gasteiger partial charge is 0.444 e. The second-order valence-electron chi connectivity index (χ2n) is 6.95. The van der Waals surface area contributed by atoms with E-state index in [9.17, 15) is 4.79 Å². The molecule has 1 atom stereocenters. The first-order valence-corrected chi connectivity index (χ1v) is 7.73. The van der Waals surface area contributed by atoms with Gasteiger partial charge in [0.05, 0.1) is 0 Å². The van der Waals surface area contributed by atoms with E-state index in [-0.39, 0.29) is 11.6 Å². The molecule has 21 heavy (non-hydrogen) atoms. The molecule has 0 fully saturated rings. The molecule has 0 spiro atoms. The number of amides is 1. The Morgan fingerprint density at radius 2 is 1.76 bits per heavy atom. The zero-order valence-corrected chi connectivity index (χ0v) is 14.2. The molecule has 0 bridgehead atoms. The van der Waals surface area contributed by atoms with Gasteiger partial charge in [-0.25, -0.2) is 4.79 Å². The summed E-state index contributed by atoms with van der Waals surface area (Å²) >= 11 is 0. The summed E-state index contributed by atoms with van der Waals surface area (Å²) in [5.74, 6) is 0.315. The number of carbonyl (C=O) groups excluding carboxylic acids is 1. The van der Waals surface area contributed by atoms with Crippen LogP contribution in [-0.4, -0.2) is 17.2 Å². The lowest BCUT2D eigenvalue weighted by Crippen LogP contribution is -2.54. The number of alkyl carbamates (subject to hydrolysis) is 1. The Kier molecular flexibility index (Phi) is 5.82. The number of carbonyl (C=O) groups is 1. The van der Waals surface area contributed by atoms with Crippen molar-refractivity contribution in [2.24, 2.45) is 5.92 Å². The van der Waals surface area contributed by atoms with E-state index in [2.05, 4.69) is 38.2 Å². The van der Waals surface area contributed by atoms with Crippen LogP contribution in [0, 0.1) is 5.92 Å². The first-order valence-electron chi connectivity index (χ1n) is 7.73. The fourth-order valence-corrected chi connectivity index (χ4v) is 2.48. The highest BCUT2D eigenvalue weighted by Gasteiger charge is 2.35. The highest BCUT2D eigenvalue weighted by molar-refractivity contribution is 5.69. The van der Waals surface area contributed by atoms with Gasteiger partial charge in [0, 0.05) is 5.54 Å². The van der Waals surface area contributed by atoms with Gasteiger partial charge in [0.2, 0.25) is 0 Å². The summed E-state index contributed by atoms with van der Waals surface area (Å²) in [6.07, 6.45) is 1.33. The van der Waals surface area contributed by atoms with Gasteiger partial charge in [-0.15, -0.1) is 0 Å². The minimum atomic E-state index is -0.479. The maximum Gasteiger partial charge on any atom is 0.408 e. The molecule has 1 amide bonds. The minimum Gasteiger partial charge on any atom is -0.444 e. The first-order chi connectivity index (χ1) is 9.68. The Morgan fingerprint density at radius 3 is 2.19 bits per heavy atom. The van der Waals surface area contributed by atoms with E-state index in [1.54, 1.807) is 0 Å². The van der Waals surface area contributed by atoms with Crippen LogP contribution in [0.4, 0.5) is 4.79 Å². The predicted molar refractivity (Wildman–Crippen MR) is 87.4 cm³/mol. The lowest BCUT2D eigenvalue weighted by Gasteiger charge is -2.38. The third kappa shape index (κ3) is 5.41. The molecule has 0 radical (unpaired) electrons. The average Bonchev–Trinajstić information content (AvgIpc) is 2.36. The SMILES string of the molecule is CCC(Cc1ccccc1)(NC(=O)OC(C)(C)C)C(C)C. The van der Waals surface area contributed by atoms with Crippen LogP contribution in [0.5, 0.6) is 0 Å². The monoisotopic (exact) mass is 291 g/mol. The standard InChI is InChI=1S/C18H29NO2/c1-7-18(14(2)3,13-15-11-9-8-10-12-15)19-16(20)21-17(4,5)6/h8-12,14H,7,13H2,1-6H3,(H,19,20). The second-order valence-corrected chi connectivity index (χ2v) is 6.95. The minimum absolute atomic E-state index is 0.288. The zero-order chi connectivity index (χ0) is 16.1. The third-order valence-electron chi connectivity index (χ3n) is 3.85. The van der Waals surface area contributed by atoms with E-state index in [4.69, 9.17) is 4.74 Å². The van der Waals surface area contributed by atoms with Gasteiger partial charge in [-0.2, -0.15) is 0 Å². The van der Waals surface area contributed by atoms with Crippen molar-refractivity contribution in [3.63, 3.8) is 0 Å². The molecule has 1 rings (SSSR count). The summed E-state index contributed by atoms with van der Waals surface area (Å²) in [5.41, 5.74) is 0.459. The molecule has 0 saturated heterocycles. The third-order valence-corrected chi connectivity index (χ3v) is 3.85. The lowest BCUT2D eigenvalue weighted by atomic mass is 9.79. The fraction of sp³-hybridized carbons (Fsp3) is 0.611. The molecule has 0 aliphatic carbocycles. The molecule has 0 saturated carbocycles. The maximum atomic E-state index is 12.2. The highest BCUT2D eigenvalue weighted by atomic mass is 16.6. The molecule has 1 N–H and O–H groups in total. The molecule has 0 aliphatic rings. The number of hydrogen-bond acceptors (Lipinski definition) is 2. The number of hydrogen-bond donors (Lipinski definition) is 1. The highest BCUT2D eigenvalue weighted by Crippen LogP contribution is 2.27. The molecule has 1 unspecified atom stereocenters. The molecule has 118 valence electrons. The average molecular weight is 291 g/mol. The van der Waals surface area contributed by atoms with E-state index in [0.29, 0.717) is 5.92 Å². The van der Waals surface area contributed by atoms with E-state index in [1.165, 1.54) is 5.56 Å². The van der Waals surface area contributed by atoms with Crippen LogP contribution in [0.1, 0.15) is 53.5 Å². The van der Waals surface area contributed by atoms with E-state index in [0.717, 1.165) is 12.8 Å². The smallest absolute Gasteiger partial charge is 0.408 e. The summed E-state index contributed by atoms with van der Waals surface area (Å²) in [5, 5.41) is 3.12. The van der Waals surface area contributed by atoms with Gasteiger partial charge in [0.15, 0.2) is 0 Å². The van der Waals surface area contributed by atoms with Crippen molar-refractivity contribution in [2.45, 2.75) is 65.5 Å². The summed E-state index contributed by atoms with van der Waals surface area (Å²) in [7, 11) is 0. The van der Waals surface area contributed by atoms with Crippen molar-refractivity contribution >= 4 is 6.09 Å². The molecular formula is C18H29NO2. The van der Waals surface area contributed by atoms with Gasteiger partial charge in [0.1, 0.15) is 5.60 Å². The van der Waals surface area contributed by atoms with Crippen LogP contribution in [0.2, 0.25) is 0 Å². The lowest BCUT2D eigenvalue weighted by molar-refractivity contribution is 0.0412. The van der Waals surface area contributed by atoms with Crippen molar-refractivity contribution < 1.29 is 9.53 Å². The fourth-order valence-electron chi connectivity index (χ4n) is 2.48. The van der Waals surface area contributed by atoms with Crippen molar-refractivity contribution in [3.05, 3.63) is 35.9 Å². The molecule has 0 heterocycles. The Morgan fingerprint density at radius 1 is 1.19 bits per heavy atom. The number of rotatable bonds is 5. The molecule has 1 aromatic rings. The van der Waals surface area contributed by atoms with Gasteiger partial charge >= 0.3 is 6.09 Å². The molecule has 0 aliphatic heterocycles. The maximum absolute atomic E-state index is 12.2. The summed E-state index contributed by atoms with van der Waals surface area (Å²) < 4.78 is 5.43. The molecule has 1 aromatic carbocycles. The Hall–Kier alpha value is -1.51. The molecular weight excluding hydrogens is 262 g/mol. The molecule has 3 heteroatoms. The Balaban J connectivity index is 2.91. The van der Waals surface area contributed by atoms with Gasteiger partial charge in [0.25, 0.3) is 0 Å². The first kappa shape index (κ1) is 17.5. The Labute approximate surface area is 129 Å². The quantitative estimate of drug-likeness (QED) is 0.863. The van der Waals surface area contributed by atoms with Crippen molar-refractivity contribution in [3.8, 4) is 0 Å². The molecule has 3 nitrogen and oxygen atoms in total. The van der Waals surface area contributed by atoms with Crippen LogP contribution < -0.4 is 5.32 Å². The van der Waals surface area contributed by atoms with Crippen molar-refractivity contribution in [2.75, 3.05) is 0 Å². The van der Waals surface area contributed by atoms with E-state index >= 15 is 0 Å².